The van der Waals surface area contributed by atoms with Crippen LogP contribution in [-0.2, 0) is 26.5 Å². The zero-order chi connectivity index (χ0) is 29.8. The summed E-state index contributed by atoms with van der Waals surface area (Å²) in [5.41, 5.74) is 0.171. The number of carboxylic acid groups (broad SMARTS) is 1. The van der Waals surface area contributed by atoms with Crippen LogP contribution in [0.2, 0.25) is 10.3 Å². The number of hydrogen-bond acceptors (Lipinski definition) is 7. The molecule has 3 rings (SSSR count). The second kappa shape index (κ2) is 12.3. The average molecular weight is 596 g/mol. The normalized spacial score (nSPS) is 17.8. The Balaban J connectivity index is 1.89. The van der Waals surface area contributed by atoms with Crippen molar-refractivity contribution in [3.63, 3.8) is 0 Å². The summed E-state index contributed by atoms with van der Waals surface area (Å²) in [4.78, 5) is 56.9. The van der Waals surface area contributed by atoms with Crippen molar-refractivity contribution in [1.82, 2.24) is 25.6 Å². The summed E-state index contributed by atoms with van der Waals surface area (Å²) in [6, 6.07) is 8.65. The minimum atomic E-state index is -1.59. The third-order valence-corrected chi connectivity index (χ3v) is 6.97. The SMILES string of the molecule is CC(C(=O)NO)N1CCC(NC(=O)CN(C(=O)O)C(C)(C)C)(c2ccc(OCc3cc(Cl)nc(Cl)c3)cc2)C1=O. The largest absolute Gasteiger partial charge is 0.489 e. The molecule has 2 heterocycles. The van der Waals surface area contributed by atoms with Gasteiger partial charge in [0.1, 0.15) is 40.8 Å². The molecule has 1 fully saturated rings. The second-order valence-corrected chi connectivity index (χ2v) is 11.1. The molecule has 14 heteroatoms. The fourth-order valence-corrected chi connectivity index (χ4v) is 4.92. The Morgan fingerprint density at radius 3 is 2.30 bits per heavy atom. The van der Waals surface area contributed by atoms with E-state index in [1.165, 1.54) is 17.3 Å². The minimum Gasteiger partial charge on any atom is -0.489 e. The van der Waals surface area contributed by atoms with Crippen LogP contribution in [0.3, 0.4) is 0 Å². The highest BCUT2D eigenvalue weighted by atomic mass is 35.5. The molecule has 1 aliphatic rings. The molecule has 2 atom stereocenters. The van der Waals surface area contributed by atoms with Crippen molar-refractivity contribution in [2.24, 2.45) is 0 Å². The smallest absolute Gasteiger partial charge is 0.408 e. The zero-order valence-electron chi connectivity index (χ0n) is 22.4. The molecular formula is C26H31Cl2N5O7. The fraction of sp³-hybridized carbons (Fsp3) is 0.423. The molecule has 1 saturated heterocycles. The molecule has 40 heavy (non-hydrogen) atoms. The van der Waals surface area contributed by atoms with Crippen molar-refractivity contribution in [1.29, 1.82) is 0 Å². The number of likely N-dealkylation sites (tertiary alicyclic amines) is 1. The standard InChI is InChI=1S/C26H31Cl2N5O7/c1-15(22(35)31-39)32-10-9-26(23(32)36,30-21(34)13-33(24(37)38)25(2,3)4)17-5-7-18(8-6-17)40-14-16-11-19(27)29-20(28)12-16/h5-8,11-12,15,39H,9-10,13-14H2,1-4H3,(H,30,34)(H,31,35)(H,37,38). The molecule has 216 valence electrons. The maximum absolute atomic E-state index is 13.8. The van der Waals surface area contributed by atoms with Gasteiger partial charge >= 0.3 is 6.09 Å². The van der Waals surface area contributed by atoms with Crippen LogP contribution in [0.15, 0.2) is 36.4 Å². The molecule has 4 N–H and O–H groups in total. The number of rotatable bonds is 9. The van der Waals surface area contributed by atoms with Crippen LogP contribution >= 0.6 is 23.2 Å². The topological polar surface area (TPSA) is 161 Å². The number of ether oxygens (including phenoxy) is 1. The highest BCUT2D eigenvalue weighted by Gasteiger charge is 2.51. The van der Waals surface area contributed by atoms with E-state index in [1.807, 2.05) is 0 Å². The van der Waals surface area contributed by atoms with Gasteiger partial charge in [-0.15, -0.1) is 0 Å². The molecule has 2 aromatic rings. The first kappa shape index (κ1) is 30.9. The quantitative estimate of drug-likeness (QED) is 0.195. The van der Waals surface area contributed by atoms with Crippen molar-refractivity contribution >= 4 is 47.0 Å². The molecule has 1 aliphatic heterocycles. The fourth-order valence-electron chi connectivity index (χ4n) is 4.41. The predicted molar refractivity (Wildman–Crippen MR) is 145 cm³/mol. The number of halogens is 2. The van der Waals surface area contributed by atoms with E-state index in [0.29, 0.717) is 16.9 Å². The van der Waals surface area contributed by atoms with Crippen molar-refractivity contribution in [2.75, 3.05) is 13.1 Å². The number of nitrogens with zero attached hydrogens (tertiary/aromatic N) is 3. The number of amides is 4. The van der Waals surface area contributed by atoms with Gasteiger partial charge in [-0.05, 0) is 63.1 Å². The maximum atomic E-state index is 13.8. The van der Waals surface area contributed by atoms with E-state index in [4.69, 9.17) is 33.1 Å². The molecule has 12 nitrogen and oxygen atoms in total. The number of carbonyl (C=O) groups excluding carboxylic acids is 3. The van der Waals surface area contributed by atoms with Crippen LogP contribution in [0.1, 0.15) is 45.2 Å². The second-order valence-electron chi connectivity index (χ2n) is 10.3. The monoisotopic (exact) mass is 595 g/mol. The first-order valence-electron chi connectivity index (χ1n) is 12.3. The lowest BCUT2D eigenvalue weighted by Gasteiger charge is -2.35. The Morgan fingerprint density at radius 1 is 1.18 bits per heavy atom. The number of benzene rings is 1. The van der Waals surface area contributed by atoms with E-state index in [-0.39, 0.29) is 29.9 Å². The van der Waals surface area contributed by atoms with Gasteiger partial charge in [0.15, 0.2) is 0 Å². The summed E-state index contributed by atoms with van der Waals surface area (Å²) in [5.74, 6) is -1.61. The molecule has 0 saturated carbocycles. The minimum absolute atomic E-state index is 0.0947. The van der Waals surface area contributed by atoms with Gasteiger partial charge < -0.3 is 20.1 Å². The summed E-state index contributed by atoms with van der Waals surface area (Å²) in [7, 11) is 0. The number of pyridine rings is 1. The van der Waals surface area contributed by atoms with Crippen LogP contribution < -0.4 is 15.5 Å². The van der Waals surface area contributed by atoms with Crippen LogP contribution in [0.25, 0.3) is 0 Å². The molecule has 4 amide bonds. The third kappa shape index (κ3) is 6.93. The number of nitrogens with one attached hydrogen (secondary N) is 2. The van der Waals surface area contributed by atoms with E-state index < -0.39 is 47.5 Å². The lowest BCUT2D eigenvalue weighted by atomic mass is 9.87. The molecule has 0 spiro atoms. The Morgan fingerprint density at radius 2 is 1.77 bits per heavy atom. The average Bonchev–Trinajstić information content (AvgIpc) is 3.20. The summed E-state index contributed by atoms with van der Waals surface area (Å²) in [5, 5.41) is 21.9. The van der Waals surface area contributed by atoms with E-state index in [1.54, 1.807) is 57.2 Å². The van der Waals surface area contributed by atoms with Gasteiger partial charge in [-0.25, -0.2) is 15.3 Å². The lowest BCUT2D eigenvalue weighted by molar-refractivity contribution is -0.145. The van der Waals surface area contributed by atoms with Crippen LogP contribution in [0.5, 0.6) is 5.75 Å². The molecule has 2 unspecified atom stereocenters. The number of hydroxylamine groups is 1. The number of carbonyl (C=O) groups is 4. The summed E-state index contributed by atoms with van der Waals surface area (Å²) in [6.45, 7) is 6.11. The Hall–Kier alpha value is -3.61. The van der Waals surface area contributed by atoms with Crippen molar-refractivity contribution < 1.29 is 34.2 Å². The number of aromatic nitrogens is 1. The van der Waals surface area contributed by atoms with E-state index >= 15 is 0 Å². The molecule has 0 aliphatic carbocycles. The van der Waals surface area contributed by atoms with Crippen LogP contribution in [-0.4, -0.2) is 73.6 Å². The van der Waals surface area contributed by atoms with Crippen molar-refractivity contribution in [3.05, 3.63) is 57.8 Å². The lowest BCUT2D eigenvalue weighted by Crippen LogP contribution is -2.57. The van der Waals surface area contributed by atoms with Crippen molar-refractivity contribution in [2.45, 2.75) is 57.8 Å². The molecule has 0 bridgehead atoms. The highest BCUT2D eigenvalue weighted by Crippen LogP contribution is 2.36. The van der Waals surface area contributed by atoms with E-state index in [0.717, 1.165) is 4.90 Å². The predicted octanol–water partition coefficient (Wildman–Crippen LogP) is 3.18. The van der Waals surface area contributed by atoms with E-state index in [2.05, 4.69) is 10.3 Å². The van der Waals surface area contributed by atoms with Gasteiger partial charge in [-0.2, -0.15) is 0 Å². The number of hydrogen-bond donors (Lipinski definition) is 4. The summed E-state index contributed by atoms with van der Waals surface area (Å²) >= 11 is 11.9. The zero-order valence-corrected chi connectivity index (χ0v) is 23.9. The summed E-state index contributed by atoms with van der Waals surface area (Å²) in [6.07, 6.45) is -1.19. The maximum Gasteiger partial charge on any atom is 0.408 e. The van der Waals surface area contributed by atoms with Gasteiger partial charge in [-0.3, -0.25) is 24.5 Å². The Kier molecular flexibility index (Phi) is 9.49. The van der Waals surface area contributed by atoms with E-state index in [9.17, 15) is 24.3 Å². The van der Waals surface area contributed by atoms with Gasteiger partial charge in [0.2, 0.25) is 5.91 Å². The van der Waals surface area contributed by atoms with Gasteiger partial charge in [0, 0.05) is 18.5 Å². The first-order valence-corrected chi connectivity index (χ1v) is 13.1. The molecular weight excluding hydrogens is 565 g/mol. The van der Waals surface area contributed by atoms with Crippen LogP contribution in [0.4, 0.5) is 4.79 Å². The van der Waals surface area contributed by atoms with Crippen molar-refractivity contribution in [3.8, 4) is 5.75 Å². The summed E-state index contributed by atoms with van der Waals surface area (Å²) < 4.78 is 5.80. The van der Waals surface area contributed by atoms with Gasteiger partial charge in [0.25, 0.3) is 11.8 Å². The Bertz CT molecular complexity index is 1260. The third-order valence-electron chi connectivity index (χ3n) is 6.58. The molecule has 0 radical (unpaired) electrons. The Labute approximate surface area is 241 Å². The molecule has 1 aromatic carbocycles. The highest BCUT2D eigenvalue weighted by molar-refractivity contribution is 6.32. The van der Waals surface area contributed by atoms with Gasteiger partial charge in [-0.1, -0.05) is 35.3 Å². The molecule has 1 aromatic heterocycles. The van der Waals surface area contributed by atoms with Crippen LogP contribution in [0, 0.1) is 0 Å². The first-order chi connectivity index (χ1) is 18.7. The van der Waals surface area contributed by atoms with Gasteiger partial charge in [0.05, 0.1) is 0 Å².